The summed E-state index contributed by atoms with van der Waals surface area (Å²) in [4.78, 5) is 49.7. The van der Waals surface area contributed by atoms with Crippen LogP contribution in [0.3, 0.4) is 0 Å². The van der Waals surface area contributed by atoms with E-state index in [9.17, 15) is 14.4 Å². The molecule has 3 aromatic rings. The lowest BCUT2D eigenvalue weighted by atomic mass is 9.91. The van der Waals surface area contributed by atoms with Crippen LogP contribution in [0.4, 0.5) is 10.5 Å². The van der Waals surface area contributed by atoms with E-state index < -0.39 is 11.5 Å². The molecule has 52 heavy (non-hydrogen) atoms. The van der Waals surface area contributed by atoms with Gasteiger partial charge in [-0.2, -0.15) is 5.10 Å². The molecular weight excluding hydrogens is 654 g/mol. The monoisotopic (exact) mass is 709 g/mol. The standard InChI is InChI=1S/C41H55N7O4/c1-29(52-41(2,3)4)48-37-13-12-30(25-33(37)27-42-48)24-32(39(50)46-22-14-34(15-23-46)44-18-8-5-9-19-44)26-38(49)45-20-16-35(17-21-45)47-28-31-10-6-7-11-36(31)43-40(47)51/h6-7,10-13,25,27,32,34-35H,1,5,8-9,14-24,26,28H2,2-4H3,(H,43,51). The zero-order valence-corrected chi connectivity index (χ0v) is 31.2. The number of carbonyl (C=O) groups excluding carboxylic acids is 3. The molecular formula is C41H55N7O4. The second kappa shape index (κ2) is 15.3. The minimum Gasteiger partial charge on any atom is -0.472 e. The van der Waals surface area contributed by atoms with Gasteiger partial charge in [-0.1, -0.05) is 30.7 Å². The normalized spacial score (nSPS) is 20.1. The largest absolute Gasteiger partial charge is 0.472 e. The van der Waals surface area contributed by atoms with E-state index in [-0.39, 0.29) is 30.3 Å². The average molecular weight is 710 g/mol. The number of likely N-dealkylation sites (tertiary alicyclic amines) is 3. The number of carbonyl (C=O) groups is 3. The quantitative estimate of drug-likeness (QED) is 0.260. The van der Waals surface area contributed by atoms with Gasteiger partial charge in [0.15, 0.2) is 0 Å². The summed E-state index contributed by atoms with van der Waals surface area (Å²) in [6, 6.07) is 14.6. The van der Waals surface area contributed by atoms with Gasteiger partial charge in [0.05, 0.1) is 17.6 Å². The number of rotatable bonds is 9. The highest BCUT2D eigenvalue weighted by Crippen LogP contribution is 2.30. The van der Waals surface area contributed by atoms with Gasteiger partial charge in [0, 0.05) is 62.3 Å². The van der Waals surface area contributed by atoms with Crippen LogP contribution >= 0.6 is 0 Å². The first kappa shape index (κ1) is 36.0. The van der Waals surface area contributed by atoms with Crippen molar-refractivity contribution in [3.8, 4) is 0 Å². The molecule has 0 radical (unpaired) electrons. The lowest BCUT2D eigenvalue weighted by Crippen LogP contribution is -2.52. The Morgan fingerprint density at radius 1 is 0.923 bits per heavy atom. The Labute approximate surface area is 307 Å². The molecule has 3 saturated heterocycles. The topological polar surface area (TPSA) is 103 Å². The fraction of sp³-hybridized carbons (Fsp3) is 0.561. The zero-order valence-electron chi connectivity index (χ0n) is 31.2. The second-order valence-electron chi connectivity index (χ2n) is 16.1. The van der Waals surface area contributed by atoms with Gasteiger partial charge in [-0.3, -0.25) is 9.59 Å². The maximum absolute atomic E-state index is 14.3. The summed E-state index contributed by atoms with van der Waals surface area (Å²) in [6.07, 6.45) is 9.69. The Morgan fingerprint density at radius 3 is 2.35 bits per heavy atom. The molecule has 4 amide bonds. The maximum Gasteiger partial charge on any atom is 0.322 e. The van der Waals surface area contributed by atoms with E-state index >= 15 is 0 Å². The molecule has 1 atom stereocenters. The summed E-state index contributed by atoms with van der Waals surface area (Å²) in [7, 11) is 0. The van der Waals surface area contributed by atoms with Gasteiger partial charge >= 0.3 is 6.03 Å². The van der Waals surface area contributed by atoms with Crippen molar-refractivity contribution in [2.45, 2.75) is 103 Å². The molecule has 7 rings (SSSR count). The van der Waals surface area contributed by atoms with Gasteiger partial charge in [-0.15, -0.1) is 0 Å². The lowest BCUT2D eigenvalue weighted by Gasteiger charge is -2.41. The van der Waals surface area contributed by atoms with Gasteiger partial charge in [0.2, 0.25) is 17.7 Å². The molecule has 1 aromatic heterocycles. The minimum absolute atomic E-state index is 0.0120. The molecule has 4 aliphatic heterocycles. The SMILES string of the molecule is C=C(OC(C)(C)C)n1ncc2cc(CC(CC(=O)N3CCC(N4Cc5ccccc5NC4=O)CC3)C(=O)N3CCC(N4CCCCC4)CC3)ccc21. The maximum atomic E-state index is 14.3. The van der Waals surface area contributed by atoms with Crippen LogP contribution in [0.1, 0.15) is 83.3 Å². The highest BCUT2D eigenvalue weighted by molar-refractivity contribution is 5.92. The third-order valence-corrected chi connectivity index (χ3v) is 11.3. The number of amides is 4. The van der Waals surface area contributed by atoms with Crippen molar-refractivity contribution < 1.29 is 19.1 Å². The zero-order chi connectivity index (χ0) is 36.4. The number of piperidine rings is 3. The number of para-hydroxylation sites is 1. The first-order valence-corrected chi connectivity index (χ1v) is 19.3. The number of fused-ring (bicyclic) bond motifs is 2. The Balaban J connectivity index is 1.03. The molecule has 3 fully saturated rings. The summed E-state index contributed by atoms with van der Waals surface area (Å²) < 4.78 is 7.69. The number of anilines is 1. The van der Waals surface area contributed by atoms with E-state index in [1.54, 1.807) is 10.9 Å². The van der Waals surface area contributed by atoms with Gasteiger partial charge in [-0.25, -0.2) is 9.48 Å². The highest BCUT2D eigenvalue weighted by Gasteiger charge is 2.36. The molecule has 0 spiro atoms. The Morgan fingerprint density at radius 2 is 1.62 bits per heavy atom. The minimum atomic E-state index is -0.465. The van der Waals surface area contributed by atoms with Crippen LogP contribution in [-0.4, -0.2) is 104 Å². The van der Waals surface area contributed by atoms with Crippen LogP contribution in [0.15, 0.2) is 55.2 Å². The summed E-state index contributed by atoms with van der Waals surface area (Å²) in [5.41, 5.74) is 3.46. The Hall–Kier alpha value is -4.38. The molecule has 11 nitrogen and oxygen atoms in total. The molecule has 0 saturated carbocycles. The first-order chi connectivity index (χ1) is 25.0. The fourth-order valence-corrected chi connectivity index (χ4v) is 8.61. The highest BCUT2D eigenvalue weighted by atomic mass is 16.5. The third kappa shape index (κ3) is 8.14. The van der Waals surface area contributed by atoms with Gasteiger partial charge < -0.3 is 29.7 Å². The van der Waals surface area contributed by atoms with E-state index in [1.165, 1.54) is 19.3 Å². The molecule has 2 aromatic carbocycles. The van der Waals surface area contributed by atoms with Gasteiger partial charge in [0.25, 0.3) is 0 Å². The predicted octanol–water partition coefficient (Wildman–Crippen LogP) is 6.34. The van der Waals surface area contributed by atoms with E-state index in [2.05, 4.69) is 34.0 Å². The summed E-state index contributed by atoms with van der Waals surface area (Å²) in [5.74, 6) is 0.0777. The first-order valence-electron chi connectivity index (χ1n) is 19.3. The van der Waals surface area contributed by atoms with Gasteiger partial charge in [-0.05, 0) is 115 Å². The number of benzene rings is 2. The second-order valence-corrected chi connectivity index (χ2v) is 16.1. The van der Waals surface area contributed by atoms with Crippen LogP contribution in [0, 0.1) is 5.92 Å². The number of hydrogen-bond donors (Lipinski definition) is 1. The van der Waals surface area contributed by atoms with Crippen molar-refractivity contribution in [1.82, 2.24) is 29.4 Å². The van der Waals surface area contributed by atoms with E-state index in [1.807, 2.05) is 65.8 Å². The Kier molecular flexibility index (Phi) is 10.6. The number of hydrogen-bond acceptors (Lipinski definition) is 6. The summed E-state index contributed by atoms with van der Waals surface area (Å²) >= 11 is 0. The number of ether oxygens (including phenoxy) is 1. The lowest BCUT2D eigenvalue weighted by molar-refractivity contribution is -0.143. The molecule has 11 heteroatoms. The number of aromatic nitrogens is 2. The summed E-state index contributed by atoms with van der Waals surface area (Å²) in [5, 5.41) is 8.50. The number of nitrogens with zero attached hydrogens (tertiary/aromatic N) is 6. The van der Waals surface area contributed by atoms with E-state index in [0.717, 1.165) is 79.6 Å². The molecule has 278 valence electrons. The van der Waals surface area contributed by atoms with Crippen molar-refractivity contribution in [2.24, 2.45) is 5.92 Å². The number of nitrogens with one attached hydrogen (secondary N) is 1. The Bertz CT molecular complexity index is 1770. The molecule has 0 aliphatic carbocycles. The van der Waals surface area contributed by atoms with Crippen LogP contribution < -0.4 is 5.32 Å². The summed E-state index contributed by atoms with van der Waals surface area (Å²) in [6.45, 7) is 15.5. The van der Waals surface area contributed by atoms with Crippen LogP contribution in [0.2, 0.25) is 0 Å². The predicted molar refractivity (Wildman–Crippen MR) is 203 cm³/mol. The van der Waals surface area contributed by atoms with Crippen LogP contribution in [0.5, 0.6) is 0 Å². The molecule has 1 N–H and O–H groups in total. The fourth-order valence-electron chi connectivity index (χ4n) is 8.61. The average Bonchev–Trinajstić information content (AvgIpc) is 3.57. The van der Waals surface area contributed by atoms with Crippen molar-refractivity contribution in [2.75, 3.05) is 44.6 Å². The van der Waals surface area contributed by atoms with Gasteiger partial charge in [0.1, 0.15) is 5.60 Å². The number of urea groups is 1. The van der Waals surface area contributed by atoms with Crippen molar-refractivity contribution in [1.29, 1.82) is 0 Å². The van der Waals surface area contributed by atoms with Crippen molar-refractivity contribution in [3.05, 3.63) is 66.4 Å². The van der Waals surface area contributed by atoms with Crippen molar-refractivity contribution >= 4 is 40.3 Å². The molecule has 1 unspecified atom stereocenters. The van der Waals surface area contributed by atoms with Crippen LogP contribution in [0.25, 0.3) is 16.8 Å². The van der Waals surface area contributed by atoms with Crippen LogP contribution in [-0.2, 0) is 27.3 Å². The smallest absolute Gasteiger partial charge is 0.322 e. The molecule has 4 aliphatic rings. The van der Waals surface area contributed by atoms with E-state index in [4.69, 9.17) is 4.74 Å². The van der Waals surface area contributed by atoms with E-state index in [0.29, 0.717) is 38.0 Å². The third-order valence-electron chi connectivity index (χ3n) is 11.3. The molecule has 5 heterocycles. The van der Waals surface area contributed by atoms with Crippen molar-refractivity contribution in [3.63, 3.8) is 0 Å². The molecule has 0 bridgehead atoms.